The maximum atomic E-state index is 12.6. The summed E-state index contributed by atoms with van der Waals surface area (Å²) in [5, 5.41) is 0. The molecular weight excluding hydrogens is 685 g/mol. The van der Waals surface area contributed by atoms with Crippen LogP contribution in [0.4, 0.5) is 0 Å². The van der Waals surface area contributed by atoms with Crippen molar-refractivity contribution in [3.8, 4) is 0 Å². The quantitative estimate of drug-likeness (QED) is 0.0208. The van der Waals surface area contributed by atoms with E-state index in [2.05, 4.69) is 106 Å². The Bertz CT molecular complexity index is 1200. The Morgan fingerprint density at radius 1 is 0.400 bits per heavy atom. The summed E-state index contributed by atoms with van der Waals surface area (Å²) in [6.45, 7) is 6.19. The molecule has 0 spiro atoms. The highest BCUT2D eigenvalue weighted by Crippen LogP contribution is 2.11. The Morgan fingerprint density at radius 3 is 1.40 bits per heavy atom. The van der Waals surface area contributed by atoms with Gasteiger partial charge in [0.1, 0.15) is 13.2 Å². The van der Waals surface area contributed by atoms with Crippen molar-refractivity contribution < 1.29 is 28.6 Å². The minimum atomic E-state index is -0.824. The van der Waals surface area contributed by atoms with Gasteiger partial charge in [0.05, 0.1) is 0 Å². The van der Waals surface area contributed by atoms with Crippen LogP contribution in [0, 0.1) is 0 Å². The zero-order valence-corrected chi connectivity index (χ0v) is 34.9. The average molecular weight is 761 g/mol. The van der Waals surface area contributed by atoms with Gasteiger partial charge in [-0.05, 0) is 83.5 Å². The molecule has 0 fully saturated rings. The van der Waals surface area contributed by atoms with E-state index in [1.165, 1.54) is 12.8 Å². The lowest BCUT2D eigenvalue weighted by Gasteiger charge is -2.18. The van der Waals surface area contributed by atoms with Crippen molar-refractivity contribution >= 4 is 17.9 Å². The summed E-state index contributed by atoms with van der Waals surface area (Å²) in [4.78, 5) is 37.6. The van der Waals surface area contributed by atoms with Crippen LogP contribution in [0.25, 0.3) is 0 Å². The number of esters is 3. The first-order valence-corrected chi connectivity index (χ1v) is 21.5. The first-order valence-electron chi connectivity index (χ1n) is 21.5. The third-order valence-corrected chi connectivity index (χ3v) is 8.36. The molecule has 0 radical (unpaired) electrons. The Balaban J connectivity index is 4.54. The molecule has 0 rings (SSSR count). The molecule has 308 valence electrons. The van der Waals surface area contributed by atoms with Crippen LogP contribution in [0.2, 0.25) is 0 Å². The molecule has 0 aliphatic carbocycles. The van der Waals surface area contributed by atoms with Gasteiger partial charge in [0.2, 0.25) is 0 Å². The van der Waals surface area contributed by atoms with Crippen LogP contribution < -0.4 is 0 Å². The standard InChI is InChI=1S/C49H76O6/c1-4-7-10-13-16-19-22-23-24-25-28-30-33-36-39-42-48(51)54-45-46(55-49(52)43-40-37-34-31-27-21-18-15-12-9-6-3)44-53-47(50)41-38-35-32-29-26-20-17-14-11-8-5-2/h7,9-10,12-14,16-24,26,31,34,46H,4-6,8,11,15,25,27-30,32-33,35-45H2,1-3H3/b10-7-,12-9-,16-13-,17-14-,21-18-,22-19-,24-23-,26-20-,34-31-. The van der Waals surface area contributed by atoms with Gasteiger partial charge in [-0.1, -0.05) is 169 Å². The molecule has 0 aliphatic heterocycles. The Kier molecular flexibility index (Phi) is 39.7. The van der Waals surface area contributed by atoms with Gasteiger partial charge in [0.25, 0.3) is 0 Å². The Labute approximate surface area is 336 Å². The minimum Gasteiger partial charge on any atom is -0.462 e. The second-order valence-corrected chi connectivity index (χ2v) is 13.6. The van der Waals surface area contributed by atoms with Crippen molar-refractivity contribution in [3.05, 3.63) is 109 Å². The highest BCUT2D eigenvalue weighted by Gasteiger charge is 2.19. The molecule has 0 bridgehead atoms. The van der Waals surface area contributed by atoms with Crippen molar-refractivity contribution in [3.63, 3.8) is 0 Å². The number of ether oxygens (including phenoxy) is 3. The maximum absolute atomic E-state index is 12.6. The van der Waals surface area contributed by atoms with Crippen molar-refractivity contribution in [2.75, 3.05) is 13.2 Å². The molecule has 6 nitrogen and oxygen atoms in total. The van der Waals surface area contributed by atoms with Gasteiger partial charge in [-0.25, -0.2) is 0 Å². The first-order chi connectivity index (χ1) is 27.0. The topological polar surface area (TPSA) is 78.9 Å². The number of allylic oxidation sites excluding steroid dienone is 18. The van der Waals surface area contributed by atoms with E-state index in [0.29, 0.717) is 19.3 Å². The number of hydrogen-bond donors (Lipinski definition) is 0. The second-order valence-electron chi connectivity index (χ2n) is 13.6. The smallest absolute Gasteiger partial charge is 0.306 e. The van der Waals surface area contributed by atoms with Crippen LogP contribution in [0.15, 0.2) is 109 Å². The predicted molar refractivity (Wildman–Crippen MR) is 233 cm³/mol. The fourth-order valence-electron chi connectivity index (χ4n) is 5.16. The fraction of sp³-hybridized carbons (Fsp3) is 0.571. The molecular formula is C49H76O6. The lowest BCUT2D eigenvalue weighted by molar-refractivity contribution is -0.167. The summed E-state index contributed by atoms with van der Waals surface area (Å²) >= 11 is 0. The number of carbonyl (C=O) groups is 3. The molecule has 1 unspecified atom stereocenters. The molecule has 1 atom stereocenters. The number of carbonyl (C=O) groups excluding carboxylic acids is 3. The molecule has 0 N–H and O–H groups in total. The summed E-state index contributed by atoms with van der Waals surface area (Å²) in [5.41, 5.74) is 0. The van der Waals surface area contributed by atoms with Crippen LogP contribution >= 0.6 is 0 Å². The first kappa shape index (κ1) is 51.1. The zero-order chi connectivity index (χ0) is 40.1. The third kappa shape index (κ3) is 41.1. The molecule has 0 saturated heterocycles. The fourth-order valence-corrected chi connectivity index (χ4v) is 5.16. The van der Waals surface area contributed by atoms with E-state index in [0.717, 1.165) is 103 Å². The zero-order valence-electron chi connectivity index (χ0n) is 34.9. The van der Waals surface area contributed by atoms with Crippen molar-refractivity contribution in [1.29, 1.82) is 0 Å². The molecule has 0 aromatic rings. The molecule has 6 heteroatoms. The van der Waals surface area contributed by atoms with Crippen LogP contribution in [0.1, 0.15) is 162 Å². The number of rotatable bonds is 36. The van der Waals surface area contributed by atoms with Crippen LogP contribution in [0.5, 0.6) is 0 Å². The molecule has 0 aromatic carbocycles. The van der Waals surface area contributed by atoms with Crippen LogP contribution in [-0.4, -0.2) is 37.2 Å². The molecule has 0 aromatic heterocycles. The van der Waals surface area contributed by atoms with Gasteiger partial charge >= 0.3 is 17.9 Å². The maximum Gasteiger partial charge on any atom is 0.306 e. The lowest BCUT2D eigenvalue weighted by Crippen LogP contribution is -2.30. The van der Waals surface area contributed by atoms with E-state index in [-0.39, 0.29) is 37.5 Å². The van der Waals surface area contributed by atoms with E-state index in [4.69, 9.17) is 14.2 Å². The Hall–Kier alpha value is -3.93. The average Bonchev–Trinajstić information content (AvgIpc) is 3.18. The lowest BCUT2D eigenvalue weighted by atomic mass is 10.1. The summed E-state index contributed by atoms with van der Waals surface area (Å²) in [5.74, 6) is -1.04. The summed E-state index contributed by atoms with van der Waals surface area (Å²) < 4.78 is 16.6. The van der Waals surface area contributed by atoms with Crippen molar-refractivity contribution in [2.45, 2.75) is 168 Å². The Morgan fingerprint density at radius 2 is 0.818 bits per heavy atom. The monoisotopic (exact) mass is 761 g/mol. The van der Waals surface area contributed by atoms with Crippen molar-refractivity contribution in [1.82, 2.24) is 0 Å². The summed E-state index contributed by atoms with van der Waals surface area (Å²) in [7, 11) is 0. The summed E-state index contributed by atoms with van der Waals surface area (Å²) in [6, 6.07) is 0. The van der Waals surface area contributed by atoms with Gasteiger partial charge in [-0.2, -0.15) is 0 Å². The normalized spacial score (nSPS) is 13.1. The van der Waals surface area contributed by atoms with E-state index in [1.807, 2.05) is 24.3 Å². The molecule has 0 amide bonds. The molecule has 55 heavy (non-hydrogen) atoms. The third-order valence-electron chi connectivity index (χ3n) is 8.36. The minimum absolute atomic E-state index is 0.122. The van der Waals surface area contributed by atoms with E-state index >= 15 is 0 Å². The molecule has 0 heterocycles. The van der Waals surface area contributed by atoms with Gasteiger partial charge in [0.15, 0.2) is 6.10 Å². The van der Waals surface area contributed by atoms with E-state index in [1.54, 1.807) is 0 Å². The SMILES string of the molecule is CC\C=C/C=C\C=C/C=C\CCCCCCCC(=O)OCC(COC(=O)CCCCC/C=C\C=C/CCCC)OC(=O)CCC/C=C\C/C=C\C/C=C\CC. The van der Waals surface area contributed by atoms with Gasteiger partial charge in [-0.3, -0.25) is 14.4 Å². The summed E-state index contributed by atoms with van der Waals surface area (Å²) in [6.07, 6.45) is 56.5. The van der Waals surface area contributed by atoms with Gasteiger partial charge < -0.3 is 14.2 Å². The number of unbranched alkanes of at least 4 members (excludes halogenated alkanes) is 11. The number of hydrogen-bond acceptors (Lipinski definition) is 6. The second kappa shape index (κ2) is 42.8. The van der Waals surface area contributed by atoms with Crippen LogP contribution in [-0.2, 0) is 28.6 Å². The van der Waals surface area contributed by atoms with E-state index < -0.39 is 6.10 Å². The molecule has 0 aliphatic rings. The van der Waals surface area contributed by atoms with Crippen molar-refractivity contribution in [2.24, 2.45) is 0 Å². The van der Waals surface area contributed by atoms with Gasteiger partial charge in [-0.15, -0.1) is 0 Å². The highest BCUT2D eigenvalue weighted by molar-refractivity contribution is 5.71. The van der Waals surface area contributed by atoms with Gasteiger partial charge in [0, 0.05) is 19.3 Å². The van der Waals surface area contributed by atoms with Crippen LogP contribution in [0.3, 0.4) is 0 Å². The highest BCUT2D eigenvalue weighted by atomic mass is 16.6. The predicted octanol–water partition coefficient (Wildman–Crippen LogP) is 13.6. The molecule has 0 saturated carbocycles. The largest absolute Gasteiger partial charge is 0.462 e. The van der Waals surface area contributed by atoms with E-state index in [9.17, 15) is 14.4 Å².